The second kappa shape index (κ2) is 6.54. The van der Waals surface area contributed by atoms with Gasteiger partial charge in [-0.15, -0.1) is 0 Å². The van der Waals surface area contributed by atoms with Crippen molar-refractivity contribution >= 4 is 0 Å². The van der Waals surface area contributed by atoms with Gasteiger partial charge in [-0.25, -0.2) is 0 Å². The largest absolute Gasteiger partial charge is 0.494 e. The molecule has 1 atom stereocenters. The molecule has 0 spiro atoms. The number of ether oxygens (including phenoxy) is 1. The van der Waals surface area contributed by atoms with E-state index in [0.29, 0.717) is 12.0 Å². The van der Waals surface area contributed by atoms with Gasteiger partial charge in [0.05, 0.1) is 6.61 Å². The molecule has 0 unspecified atom stereocenters. The van der Waals surface area contributed by atoms with Crippen LogP contribution in [0.3, 0.4) is 0 Å². The zero-order valence-corrected chi connectivity index (χ0v) is 10.8. The summed E-state index contributed by atoms with van der Waals surface area (Å²) in [6.45, 7) is 10.4. The summed E-state index contributed by atoms with van der Waals surface area (Å²) in [5.74, 6) is 1.63. The number of hydrogen-bond donors (Lipinski definition) is 1. The van der Waals surface area contributed by atoms with Crippen LogP contribution >= 0.6 is 0 Å². The molecule has 0 aliphatic carbocycles. The van der Waals surface area contributed by atoms with Crippen molar-refractivity contribution in [2.45, 2.75) is 33.7 Å². The molecule has 90 valence electrons. The first kappa shape index (κ1) is 13.0. The Morgan fingerprint density at radius 3 is 2.25 bits per heavy atom. The standard InChI is InChI=1S/C14H23NO/c1-5-16-14-8-6-13(7-9-14)12(4)15-10-11(2)3/h6-9,11-12,15H,5,10H2,1-4H3/t12-/m0/s1. The van der Waals surface area contributed by atoms with Crippen LogP contribution in [0.1, 0.15) is 39.3 Å². The lowest BCUT2D eigenvalue weighted by Gasteiger charge is -2.16. The topological polar surface area (TPSA) is 21.3 Å². The maximum atomic E-state index is 5.42. The summed E-state index contributed by atoms with van der Waals surface area (Å²) in [4.78, 5) is 0. The average molecular weight is 221 g/mol. The Kier molecular flexibility index (Phi) is 5.33. The summed E-state index contributed by atoms with van der Waals surface area (Å²) >= 11 is 0. The molecule has 0 radical (unpaired) electrons. The van der Waals surface area contributed by atoms with Crippen molar-refractivity contribution in [3.63, 3.8) is 0 Å². The molecule has 16 heavy (non-hydrogen) atoms. The van der Waals surface area contributed by atoms with Crippen molar-refractivity contribution < 1.29 is 4.74 Å². The van der Waals surface area contributed by atoms with Gasteiger partial charge in [-0.1, -0.05) is 26.0 Å². The fraction of sp³-hybridized carbons (Fsp3) is 0.571. The van der Waals surface area contributed by atoms with Crippen LogP contribution in [-0.2, 0) is 0 Å². The first-order chi connectivity index (χ1) is 7.63. The van der Waals surface area contributed by atoms with E-state index < -0.39 is 0 Å². The van der Waals surface area contributed by atoms with Gasteiger partial charge in [-0.05, 0) is 44.0 Å². The minimum atomic E-state index is 0.401. The minimum absolute atomic E-state index is 0.401. The van der Waals surface area contributed by atoms with E-state index in [1.54, 1.807) is 0 Å². The Labute approximate surface area is 99.0 Å². The van der Waals surface area contributed by atoms with Crippen LogP contribution in [0.15, 0.2) is 24.3 Å². The highest BCUT2D eigenvalue weighted by atomic mass is 16.5. The maximum Gasteiger partial charge on any atom is 0.119 e. The van der Waals surface area contributed by atoms with E-state index in [0.717, 1.165) is 18.9 Å². The first-order valence-electron chi connectivity index (χ1n) is 6.09. The Bertz CT molecular complexity index is 292. The smallest absolute Gasteiger partial charge is 0.119 e. The Balaban J connectivity index is 2.52. The van der Waals surface area contributed by atoms with Crippen molar-refractivity contribution in [2.24, 2.45) is 5.92 Å². The molecule has 0 heterocycles. The molecule has 2 nitrogen and oxygen atoms in total. The Hall–Kier alpha value is -1.02. The van der Waals surface area contributed by atoms with E-state index in [9.17, 15) is 0 Å². The van der Waals surface area contributed by atoms with Crippen LogP contribution in [0.4, 0.5) is 0 Å². The molecular weight excluding hydrogens is 198 g/mol. The summed E-state index contributed by atoms with van der Waals surface area (Å²) in [5, 5.41) is 3.51. The van der Waals surface area contributed by atoms with Gasteiger partial charge in [0.25, 0.3) is 0 Å². The molecule has 0 fully saturated rings. The van der Waals surface area contributed by atoms with E-state index >= 15 is 0 Å². The summed E-state index contributed by atoms with van der Waals surface area (Å²) < 4.78 is 5.42. The molecule has 1 aromatic carbocycles. The summed E-state index contributed by atoms with van der Waals surface area (Å²) in [6, 6.07) is 8.73. The van der Waals surface area contributed by atoms with Gasteiger partial charge in [-0.3, -0.25) is 0 Å². The zero-order valence-electron chi connectivity index (χ0n) is 10.8. The van der Waals surface area contributed by atoms with Crippen LogP contribution in [0, 0.1) is 5.92 Å². The maximum absolute atomic E-state index is 5.42. The molecular formula is C14H23NO. The fourth-order valence-corrected chi connectivity index (χ4v) is 1.55. The SMILES string of the molecule is CCOc1ccc([C@H](C)NCC(C)C)cc1. The van der Waals surface area contributed by atoms with Gasteiger partial charge < -0.3 is 10.1 Å². The van der Waals surface area contributed by atoms with Crippen LogP contribution in [0.2, 0.25) is 0 Å². The summed E-state index contributed by atoms with van der Waals surface area (Å²) in [5.41, 5.74) is 1.31. The second-order valence-corrected chi connectivity index (χ2v) is 4.53. The van der Waals surface area contributed by atoms with Gasteiger partial charge in [0, 0.05) is 6.04 Å². The zero-order chi connectivity index (χ0) is 12.0. The third-order valence-electron chi connectivity index (χ3n) is 2.52. The van der Waals surface area contributed by atoms with Crippen LogP contribution in [0.5, 0.6) is 5.75 Å². The quantitative estimate of drug-likeness (QED) is 0.795. The Morgan fingerprint density at radius 1 is 1.12 bits per heavy atom. The summed E-state index contributed by atoms with van der Waals surface area (Å²) in [7, 11) is 0. The van der Waals surface area contributed by atoms with Crippen LogP contribution < -0.4 is 10.1 Å². The number of benzene rings is 1. The van der Waals surface area contributed by atoms with Gasteiger partial charge in [0.15, 0.2) is 0 Å². The van der Waals surface area contributed by atoms with Crippen molar-refractivity contribution in [3.05, 3.63) is 29.8 Å². The molecule has 0 aliphatic heterocycles. The van der Waals surface area contributed by atoms with E-state index in [-0.39, 0.29) is 0 Å². The van der Waals surface area contributed by atoms with Gasteiger partial charge in [-0.2, -0.15) is 0 Å². The molecule has 0 aromatic heterocycles. The fourth-order valence-electron chi connectivity index (χ4n) is 1.55. The molecule has 1 aromatic rings. The lowest BCUT2D eigenvalue weighted by Crippen LogP contribution is -2.23. The van der Waals surface area contributed by atoms with Crippen molar-refractivity contribution in [3.8, 4) is 5.75 Å². The molecule has 0 amide bonds. The predicted octanol–water partition coefficient (Wildman–Crippen LogP) is 3.39. The third kappa shape index (κ3) is 4.23. The average Bonchev–Trinajstić information content (AvgIpc) is 2.27. The molecule has 0 saturated heterocycles. The van der Waals surface area contributed by atoms with Crippen LogP contribution in [-0.4, -0.2) is 13.2 Å². The van der Waals surface area contributed by atoms with Crippen molar-refractivity contribution in [1.29, 1.82) is 0 Å². The highest BCUT2D eigenvalue weighted by Crippen LogP contribution is 2.17. The molecule has 0 bridgehead atoms. The molecule has 1 N–H and O–H groups in total. The van der Waals surface area contributed by atoms with Gasteiger partial charge in [0.1, 0.15) is 5.75 Å². The molecule has 0 aliphatic rings. The van der Waals surface area contributed by atoms with Gasteiger partial charge >= 0.3 is 0 Å². The first-order valence-corrected chi connectivity index (χ1v) is 6.09. The highest BCUT2D eigenvalue weighted by molar-refractivity contribution is 5.28. The predicted molar refractivity (Wildman–Crippen MR) is 68.9 cm³/mol. The lowest BCUT2D eigenvalue weighted by atomic mass is 10.1. The van der Waals surface area contributed by atoms with E-state index in [2.05, 4.69) is 38.2 Å². The monoisotopic (exact) mass is 221 g/mol. The number of rotatable bonds is 6. The lowest BCUT2D eigenvalue weighted by molar-refractivity contribution is 0.340. The number of nitrogens with one attached hydrogen (secondary N) is 1. The molecule has 0 saturated carbocycles. The van der Waals surface area contributed by atoms with E-state index in [4.69, 9.17) is 4.74 Å². The van der Waals surface area contributed by atoms with Gasteiger partial charge in [0.2, 0.25) is 0 Å². The summed E-state index contributed by atoms with van der Waals surface area (Å²) in [6.07, 6.45) is 0. The van der Waals surface area contributed by atoms with Crippen molar-refractivity contribution in [1.82, 2.24) is 5.32 Å². The van der Waals surface area contributed by atoms with Crippen molar-refractivity contribution in [2.75, 3.05) is 13.2 Å². The van der Waals surface area contributed by atoms with E-state index in [1.807, 2.05) is 19.1 Å². The second-order valence-electron chi connectivity index (χ2n) is 4.53. The van der Waals surface area contributed by atoms with Crippen LogP contribution in [0.25, 0.3) is 0 Å². The van der Waals surface area contributed by atoms with E-state index in [1.165, 1.54) is 5.56 Å². The molecule has 1 rings (SSSR count). The number of hydrogen-bond acceptors (Lipinski definition) is 2. The third-order valence-corrected chi connectivity index (χ3v) is 2.52. The normalized spacial score (nSPS) is 12.8. The minimum Gasteiger partial charge on any atom is -0.494 e. The molecule has 2 heteroatoms. The Morgan fingerprint density at radius 2 is 1.75 bits per heavy atom. The highest BCUT2D eigenvalue weighted by Gasteiger charge is 2.05.